The maximum Gasteiger partial charge on any atom is 0.354 e. The van der Waals surface area contributed by atoms with Crippen molar-refractivity contribution in [3.63, 3.8) is 0 Å². The first-order chi connectivity index (χ1) is 7.18. The number of carboxylic acid groups (broad SMARTS) is 1. The van der Waals surface area contributed by atoms with Crippen molar-refractivity contribution < 1.29 is 14.7 Å². The highest BCUT2D eigenvalue weighted by atomic mass is 16.4. The van der Waals surface area contributed by atoms with Gasteiger partial charge in [-0.1, -0.05) is 0 Å². The third-order valence-electron chi connectivity index (χ3n) is 2.75. The first kappa shape index (κ1) is 9.89. The van der Waals surface area contributed by atoms with Crippen LogP contribution in [0.3, 0.4) is 0 Å². The molecule has 1 fully saturated rings. The minimum atomic E-state index is -0.968. The lowest BCUT2D eigenvalue weighted by molar-refractivity contribution is -0.120. The minimum absolute atomic E-state index is 0.0591. The fourth-order valence-corrected chi connectivity index (χ4v) is 1.94. The predicted molar refractivity (Wildman–Crippen MR) is 51.7 cm³/mol. The monoisotopic (exact) mass is 208 g/mol. The SMILES string of the molecule is O=C1CCC(n2nccc2C(=O)O)CC1. The van der Waals surface area contributed by atoms with Crippen molar-refractivity contribution in [1.82, 2.24) is 9.78 Å². The van der Waals surface area contributed by atoms with Gasteiger partial charge >= 0.3 is 5.97 Å². The van der Waals surface area contributed by atoms with Crippen molar-refractivity contribution in [3.8, 4) is 0 Å². The van der Waals surface area contributed by atoms with Crippen molar-refractivity contribution in [3.05, 3.63) is 18.0 Å². The van der Waals surface area contributed by atoms with Crippen LogP contribution in [-0.2, 0) is 4.79 Å². The van der Waals surface area contributed by atoms with Crippen molar-refractivity contribution in [2.24, 2.45) is 0 Å². The molecule has 0 saturated heterocycles. The molecule has 0 amide bonds. The van der Waals surface area contributed by atoms with Gasteiger partial charge in [-0.25, -0.2) is 4.79 Å². The molecule has 0 bridgehead atoms. The number of hydrogen-bond donors (Lipinski definition) is 1. The van der Waals surface area contributed by atoms with Gasteiger partial charge in [-0.3, -0.25) is 9.48 Å². The van der Waals surface area contributed by atoms with Gasteiger partial charge in [0.15, 0.2) is 0 Å². The van der Waals surface area contributed by atoms with E-state index in [1.807, 2.05) is 0 Å². The van der Waals surface area contributed by atoms with Gasteiger partial charge in [-0.05, 0) is 18.9 Å². The zero-order valence-corrected chi connectivity index (χ0v) is 8.22. The number of carboxylic acids is 1. The van der Waals surface area contributed by atoms with E-state index in [1.165, 1.54) is 16.9 Å². The molecule has 0 radical (unpaired) electrons. The van der Waals surface area contributed by atoms with Crippen LogP contribution < -0.4 is 0 Å². The quantitative estimate of drug-likeness (QED) is 0.794. The zero-order valence-electron chi connectivity index (χ0n) is 8.22. The minimum Gasteiger partial charge on any atom is -0.477 e. The molecule has 1 saturated carbocycles. The summed E-state index contributed by atoms with van der Waals surface area (Å²) < 4.78 is 1.52. The number of carbonyl (C=O) groups excluding carboxylic acids is 1. The van der Waals surface area contributed by atoms with Crippen molar-refractivity contribution in [2.45, 2.75) is 31.7 Å². The van der Waals surface area contributed by atoms with E-state index in [9.17, 15) is 9.59 Å². The maximum atomic E-state index is 11.1. The van der Waals surface area contributed by atoms with E-state index in [1.54, 1.807) is 0 Å². The number of rotatable bonds is 2. The van der Waals surface area contributed by atoms with Gasteiger partial charge in [-0.2, -0.15) is 5.10 Å². The number of Topliss-reactive ketones (excluding diaryl/α,β-unsaturated/α-hetero) is 1. The number of nitrogens with zero attached hydrogens (tertiary/aromatic N) is 2. The molecule has 0 unspecified atom stereocenters. The Morgan fingerprint density at radius 2 is 2.13 bits per heavy atom. The van der Waals surface area contributed by atoms with E-state index in [0.717, 1.165) is 0 Å². The van der Waals surface area contributed by atoms with E-state index >= 15 is 0 Å². The van der Waals surface area contributed by atoms with Crippen molar-refractivity contribution in [1.29, 1.82) is 0 Å². The van der Waals surface area contributed by atoms with Crippen LogP contribution in [0.1, 0.15) is 42.2 Å². The Bertz CT molecular complexity index is 387. The molecule has 15 heavy (non-hydrogen) atoms. The first-order valence-electron chi connectivity index (χ1n) is 4.97. The second-order valence-electron chi connectivity index (χ2n) is 3.74. The summed E-state index contributed by atoms with van der Waals surface area (Å²) in [7, 11) is 0. The Morgan fingerprint density at radius 3 is 2.73 bits per heavy atom. The molecule has 5 heteroatoms. The van der Waals surface area contributed by atoms with E-state index < -0.39 is 5.97 Å². The molecule has 1 N–H and O–H groups in total. The molecular weight excluding hydrogens is 196 g/mol. The van der Waals surface area contributed by atoms with Crippen LogP contribution in [0.2, 0.25) is 0 Å². The number of carbonyl (C=O) groups is 2. The molecule has 80 valence electrons. The topological polar surface area (TPSA) is 72.2 Å². The summed E-state index contributed by atoms with van der Waals surface area (Å²) in [4.78, 5) is 21.9. The van der Waals surface area contributed by atoms with Crippen LogP contribution in [0.15, 0.2) is 12.3 Å². The van der Waals surface area contributed by atoms with E-state index in [-0.39, 0.29) is 17.5 Å². The highest BCUT2D eigenvalue weighted by Gasteiger charge is 2.23. The molecular formula is C10H12N2O3. The van der Waals surface area contributed by atoms with Gasteiger partial charge in [0, 0.05) is 19.0 Å². The van der Waals surface area contributed by atoms with Gasteiger partial charge < -0.3 is 5.11 Å². The molecule has 0 aromatic carbocycles. The second-order valence-corrected chi connectivity index (χ2v) is 3.74. The van der Waals surface area contributed by atoms with Crippen LogP contribution >= 0.6 is 0 Å². The predicted octanol–water partition coefficient (Wildman–Crippen LogP) is 1.27. The summed E-state index contributed by atoms with van der Waals surface area (Å²) in [6.07, 6.45) is 3.94. The highest BCUT2D eigenvalue weighted by molar-refractivity contribution is 5.85. The molecule has 1 aromatic rings. The fourth-order valence-electron chi connectivity index (χ4n) is 1.94. The fraction of sp³-hybridized carbons (Fsp3) is 0.500. The highest BCUT2D eigenvalue weighted by Crippen LogP contribution is 2.26. The number of aromatic carboxylic acids is 1. The molecule has 0 spiro atoms. The molecule has 2 rings (SSSR count). The molecule has 0 aliphatic heterocycles. The van der Waals surface area contributed by atoms with Gasteiger partial charge in [0.2, 0.25) is 0 Å². The molecule has 1 aliphatic rings. The molecule has 1 heterocycles. The van der Waals surface area contributed by atoms with Crippen molar-refractivity contribution >= 4 is 11.8 Å². The smallest absolute Gasteiger partial charge is 0.354 e. The lowest BCUT2D eigenvalue weighted by Gasteiger charge is -2.22. The Kier molecular flexibility index (Phi) is 2.53. The van der Waals surface area contributed by atoms with Crippen LogP contribution in [0, 0.1) is 0 Å². The number of aromatic nitrogens is 2. The number of ketones is 1. The average Bonchev–Trinajstić information content (AvgIpc) is 2.67. The molecule has 1 aliphatic carbocycles. The summed E-state index contributed by atoms with van der Waals surface area (Å²) in [6, 6.07) is 1.54. The second kappa shape index (κ2) is 3.84. The Balaban J connectivity index is 2.19. The van der Waals surface area contributed by atoms with Crippen LogP contribution in [0.25, 0.3) is 0 Å². The first-order valence-corrected chi connectivity index (χ1v) is 4.97. The van der Waals surface area contributed by atoms with Gasteiger partial charge in [0.05, 0.1) is 6.04 Å². The largest absolute Gasteiger partial charge is 0.477 e. The van der Waals surface area contributed by atoms with E-state index in [2.05, 4.69) is 5.10 Å². The summed E-state index contributed by atoms with van der Waals surface area (Å²) in [5.41, 5.74) is 0.203. The maximum absolute atomic E-state index is 11.1. The van der Waals surface area contributed by atoms with Crippen LogP contribution in [-0.4, -0.2) is 26.6 Å². The van der Waals surface area contributed by atoms with Gasteiger partial charge in [0.25, 0.3) is 0 Å². The summed E-state index contributed by atoms with van der Waals surface area (Å²) in [6.45, 7) is 0. The lowest BCUT2D eigenvalue weighted by atomic mass is 9.94. The third-order valence-corrected chi connectivity index (χ3v) is 2.75. The normalized spacial score (nSPS) is 18.0. The molecule has 5 nitrogen and oxygen atoms in total. The van der Waals surface area contributed by atoms with E-state index in [4.69, 9.17) is 5.11 Å². The van der Waals surface area contributed by atoms with Gasteiger partial charge in [0.1, 0.15) is 11.5 Å². The molecule has 0 atom stereocenters. The summed E-state index contributed by atoms with van der Waals surface area (Å²) in [5.74, 6) is -0.709. The van der Waals surface area contributed by atoms with Gasteiger partial charge in [-0.15, -0.1) is 0 Å². The Labute approximate surface area is 86.7 Å². The Hall–Kier alpha value is -1.65. The molecule has 1 aromatic heterocycles. The average molecular weight is 208 g/mol. The zero-order chi connectivity index (χ0) is 10.8. The standard InChI is InChI=1S/C10H12N2O3/c13-8-3-1-7(2-4-8)12-9(10(14)15)5-6-11-12/h5-7H,1-4H2,(H,14,15). The summed E-state index contributed by atoms with van der Waals surface area (Å²) in [5, 5.41) is 12.9. The summed E-state index contributed by atoms with van der Waals surface area (Å²) >= 11 is 0. The lowest BCUT2D eigenvalue weighted by Crippen LogP contribution is -2.21. The Morgan fingerprint density at radius 1 is 1.47 bits per heavy atom. The van der Waals surface area contributed by atoms with Crippen molar-refractivity contribution in [2.75, 3.05) is 0 Å². The third kappa shape index (κ3) is 1.91. The number of hydrogen-bond acceptors (Lipinski definition) is 3. The van der Waals surface area contributed by atoms with Crippen LogP contribution in [0.4, 0.5) is 0 Å². The van der Waals surface area contributed by atoms with Crippen LogP contribution in [0.5, 0.6) is 0 Å². The van der Waals surface area contributed by atoms with E-state index in [0.29, 0.717) is 25.7 Å².